The zero-order chi connectivity index (χ0) is 21.9. The van der Waals surface area contributed by atoms with Crippen LogP contribution in [0.2, 0.25) is 0 Å². The predicted octanol–water partition coefficient (Wildman–Crippen LogP) is 1.28. The molecule has 1 fully saturated rings. The van der Waals surface area contributed by atoms with Crippen LogP contribution >= 0.6 is 7.82 Å². The molecule has 0 unspecified atom stereocenters. The van der Waals surface area contributed by atoms with E-state index in [9.17, 15) is 19.6 Å². The number of phosphoric ester groups is 1. The van der Waals surface area contributed by atoms with Crippen molar-refractivity contribution in [2.24, 2.45) is 0 Å². The van der Waals surface area contributed by atoms with Gasteiger partial charge >= 0.3 is 13.8 Å². The van der Waals surface area contributed by atoms with E-state index >= 15 is 0 Å². The van der Waals surface area contributed by atoms with Crippen LogP contribution in [-0.4, -0.2) is 61.6 Å². The Balaban J connectivity index is 2.82. The van der Waals surface area contributed by atoms with Gasteiger partial charge in [-0.2, -0.15) is 0 Å². The van der Waals surface area contributed by atoms with E-state index in [0.717, 1.165) is 0 Å². The van der Waals surface area contributed by atoms with Crippen LogP contribution < -0.4 is 0 Å². The van der Waals surface area contributed by atoms with Crippen LogP contribution in [0.1, 0.15) is 32.6 Å². The number of aliphatic hydroxyl groups is 3. The second kappa shape index (κ2) is 12.2. The highest BCUT2D eigenvalue weighted by Gasteiger charge is 2.37. The molecule has 1 aliphatic heterocycles. The molecule has 5 N–H and O–H groups in total. The van der Waals surface area contributed by atoms with Crippen molar-refractivity contribution in [3.63, 3.8) is 0 Å². The maximum absolute atomic E-state index is 11.3. The summed E-state index contributed by atoms with van der Waals surface area (Å²) in [5.41, 5.74) is -1.85. The van der Waals surface area contributed by atoms with Crippen LogP contribution in [-0.2, 0) is 18.6 Å². The largest absolute Gasteiger partial charge is 0.469 e. The van der Waals surface area contributed by atoms with Gasteiger partial charge in [0.1, 0.15) is 17.8 Å². The van der Waals surface area contributed by atoms with Crippen LogP contribution in [0.25, 0.3) is 0 Å². The molecule has 1 aliphatic rings. The van der Waals surface area contributed by atoms with Gasteiger partial charge in [0.05, 0.1) is 12.7 Å². The smallest absolute Gasteiger partial charge is 0.458 e. The minimum absolute atomic E-state index is 0.0965. The number of cyclic esters (lactones) is 1. The lowest BCUT2D eigenvalue weighted by molar-refractivity contribution is -0.150. The first-order valence-electron chi connectivity index (χ1n) is 9.17. The zero-order valence-corrected chi connectivity index (χ0v) is 17.1. The number of phosphoric acid groups is 1. The van der Waals surface area contributed by atoms with Gasteiger partial charge in [-0.05, 0) is 25.8 Å². The summed E-state index contributed by atoms with van der Waals surface area (Å²) in [5.74, 6) is -0.351. The molecule has 9 nitrogen and oxygen atoms in total. The maximum atomic E-state index is 11.3. The molecule has 0 spiro atoms. The summed E-state index contributed by atoms with van der Waals surface area (Å²) in [4.78, 5) is 29.7. The first-order chi connectivity index (χ1) is 13.5. The lowest BCUT2D eigenvalue weighted by Gasteiger charge is -2.31. The Hall–Kier alpha value is -1.58. The molecule has 0 aromatic carbocycles. The van der Waals surface area contributed by atoms with Crippen LogP contribution in [0, 0.1) is 0 Å². The summed E-state index contributed by atoms with van der Waals surface area (Å²) in [5, 5.41) is 29.4. The first-order valence-corrected chi connectivity index (χ1v) is 10.7. The number of ether oxygens (including phenoxy) is 1. The van der Waals surface area contributed by atoms with Gasteiger partial charge in [-0.3, -0.25) is 9.32 Å². The van der Waals surface area contributed by atoms with E-state index in [4.69, 9.17) is 24.2 Å². The van der Waals surface area contributed by atoms with Gasteiger partial charge in [0.15, 0.2) is 0 Å². The second-order valence-corrected chi connectivity index (χ2v) is 7.97. The Morgan fingerprint density at radius 3 is 2.62 bits per heavy atom. The number of carbonyl (C=O) groups excluding carboxylic acids is 1. The molecule has 0 aromatic heterocycles. The van der Waals surface area contributed by atoms with E-state index < -0.39 is 31.7 Å². The molecule has 10 heteroatoms. The highest BCUT2D eigenvalue weighted by atomic mass is 31.2. The SMILES string of the molecule is C[C@@](O)(/C=C/[C@H]1CCCC(=O)O1)[C@@H](C[C@@H](O)\C=C/C=C\C=C\CO)OP(=O)(O)O. The third-order valence-electron chi connectivity index (χ3n) is 4.08. The van der Waals surface area contributed by atoms with Gasteiger partial charge in [0.2, 0.25) is 0 Å². The standard InChI is InChI=1S/C19H29O9P/c1-19(23,12-11-16-9-7-10-18(22)27-16)17(28-29(24,25)26)14-15(21)8-5-3-2-4-6-13-20/h2-6,8,11-12,15-17,20-21,23H,7,9-10,13-14H2,1H3,(H2,24,25,26)/b3-2-,6-4+,8-5-,12-11+/t15-,16+,17+,19+/m0/s1. The minimum Gasteiger partial charge on any atom is -0.458 e. The molecule has 164 valence electrons. The summed E-state index contributed by atoms with van der Waals surface area (Å²) < 4.78 is 21.1. The predicted molar refractivity (Wildman–Crippen MR) is 106 cm³/mol. The van der Waals surface area contributed by atoms with Crippen molar-refractivity contribution in [1.82, 2.24) is 0 Å². The summed E-state index contributed by atoms with van der Waals surface area (Å²) in [6.45, 7) is 1.19. The highest BCUT2D eigenvalue weighted by Crippen LogP contribution is 2.41. The van der Waals surface area contributed by atoms with E-state index in [2.05, 4.69) is 0 Å². The van der Waals surface area contributed by atoms with Crippen LogP contribution in [0.15, 0.2) is 48.6 Å². The van der Waals surface area contributed by atoms with Crippen LogP contribution in [0.5, 0.6) is 0 Å². The fourth-order valence-corrected chi connectivity index (χ4v) is 3.22. The van der Waals surface area contributed by atoms with Crippen molar-refractivity contribution >= 4 is 13.8 Å². The summed E-state index contributed by atoms with van der Waals surface area (Å²) in [6.07, 6.45) is 10.00. The molecule has 0 aliphatic carbocycles. The van der Waals surface area contributed by atoms with E-state index in [1.165, 1.54) is 37.3 Å². The number of hydrogen-bond acceptors (Lipinski definition) is 7. The van der Waals surface area contributed by atoms with E-state index in [-0.39, 0.29) is 19.0 Å². The number of hydrogen-bond donors (Lipinski definition) is 5. The van der Waals surface area contributed by atoms with Crippen molar-refractivity contribution in [3.05, 3.63) is 48.6 Å². The number of aliphatic hydroxyl groups excluding tert-OH is 2. The quantitative estimate of drug-likeness (QED) is 0.141. The lowest BCUT2D eigenvalue weighted by atomic mass is 9.92. The van der Waals surface area contributed by atoms with Crippen molar-refractivity contribution < 1.29 is 43.7 Å². The minimum atomic E-state index is -4.95. The number of esters is 1. The van der Waals surface area contributed by atoms with Gasteiger partial charge in [0.25, 0.3) is 0 Å². The Kier molecular flexibility index (Phi) is 10.7. The first kappa shape index (κ1) is 25.5. The molecule has 0 amide bonds. The van der Waals surface area contributed by atoms with Gasteiger partial charge in [-0.25, -0.2) is 4.57 Å². The topological polar surface area (TPSA) is 154 Å². The van der Waals surface area contributed by atoms with E-state index in [1.54, 1.807) is 18.2 Å². The molecule has 0 bridgehead atoms. The van der Waals surface area contributed by atoms with Crippen molar-refractivity contribution in [2.45, 2.75) is 56.5 Å². The fraction of sp³-hybridized carbons (Fsp3) is 0.526. The average Bonchev–Trinajstić information content (AvgIpc) is 2.61. The molecule has 29 heavy (non-hydrogen) atoms. The Morgan fingerprint density at radius 1 is 1.31 bits per heavy atom. The average molecular weight is 432 g/mol. The maximum Gasteiger partial charge on any atom is 0.469 e. The zero-order valence-electron chi connectivity index (χ0n) is 16.2. The molecule has 0 aromatic rings. The van der Waals surface area contributed by atoms with Crippen LogP contribution in [0.4, 0.5) is 0 Å². The summed E-state index contributed by atoms with van der Waals surface area (Å²) in [6, 6.07) is 0. The Labute approximate surface area is 169 Å². The third-order valence-corrected chi connectivity index (χ3v) is 4.61. The van der Waals surface area contributed by atoms with Crippen molar-refractivity contribution in [2.75, 3.05) is 6.61 Å². The van der Waals surface area contributed by atoms with Crippen molar-refractivity contribution in [3.8, 4) is 0 Å². The molecular formula is C19H29O9P. The van der Waals surface area contributed by atoms with Crippen molar-refractivity contribution in [1.29, 1.82) is 0 Å². The Morgan fingerprint density at radius 2 is 2.00 bits per heavy atom. The molecule has 0 radical (unpaired) electrons. The van der Waals surface area contributed by atoms with Gasteiger partial charge in [-0.1, -0.05) is 42.5 Å². The third kappa shape index (κ3) is 11.3. The van der Waals surface area contributed by atoms with E-state index in [0.29, 0.717) is 19.3 Å². The summed E-state index contributed by atoms with van der Waals surface area (Å²) >= 11 is 0. The molecular weight excluding hydrogens is 403 g/mol. The van der Waals surface area contributed by atoms with Gasteiger partial charge in [0, 0.05) is 12.8 Å². The monoisotopic (exact) mass is 432 g/mol. The molecule has 0 saturated carbocycles. The summed E-state index contributed by atoms with van der Waals surface area (Å²) in [7, 11) is -4.95. The van der Waals surface area contributed by atoms with E-state index in [1.807, 2.05) is 0 Å². The lowest BCUT2D eigenvalue weighted by Crippen LogP contribution is -2.41. The normalized spacial score (nSPS) is 23.1. The fourth-order valence-electron chi connectivity index (χ4n) is 2.59. The van der Waals surface area contributed by atoms with Gasteiger partial charge in [-0.15, -0.1) is 0 Å². The second-order valence-electron chi connectivity index (χ2n) is 6.77. The molecule has 1 rings (SSSR count). The molecule has 1 saturated heterocycles. The Bertz CT molecular complexity index is 675. The number of carbonyl (C=O) groups is 1. The number of allylic oxidation sites excluding steroid dienone is 4. The molecule has 4 atom stereocenters. The van der Waals surface area contributed by atoms with Crippen LogP contribution in [0.3, 0.4) is 0 Å². The molecule has 1 heterocycles. The number of rotatable bonds is 11. The van der Waals surface area contributed by atoms with Gasteiger partial charge < -0.3 is 29.8 Å². The highest BCUT2D eigenvalue weighted by molar-refractivity contribution is 7.46.